The number of benzene rings is 1. The Kier molecular flexibility index (Phi) is 7.40. The molecule has 0 amide bonds. The van der Waals surface area contributed by atoms with Gasteiger partial charge in [-0.15, -0.1) is 11.6 Å². The van der Waals surface area contributed by atoms with E-state index < -0.39 is 0 Å². The second-order valence-electron chi connectivity index (χ2n) is 4.55. The Balaban J connectivity index is 2.76. The summed E-state index contributed by atoms with van der Waals surface area (Å²) in [7, 11) is 3.21. The van der Waals surface area contributed by atoms with E-state index in [0.29, 0.717) is 16.5 Å². The van der Waals surface area contributed by atoms with Gasteiger partial charge in [-0.1, -0.05) is 44.2 Å². The van der Waals surface area contributed by atoms with Crippen LogP contribution < -0.4 is 9.47 Å². The van der Waals surface area contributed by atoms with Crippen molar-refractivity contribution in [3.63, 3.8) is 0 Å². The Morgan fingerprint density at radius 2 is 1.68 bits per heavy atom. The fourth-order valence-corrected chi connectivity index (χ4v) is 2.69. The lowest BCUT2D eigenvalue weighted by Crippen LogP contribution is -1.97. The fraction of sp³-hybridized carbons (Fsp3) is 0.600. The number of ether oxygens (including phenoxy) is 2. The summed E-state index contributed by atoms with van der Waals surface area (Å²) in [5, 5.41) is 0.553. The third-order valence-corrected chi connectivity index (χ3v) is 3.93. The van der Waals surface area contributed by atoms with Crippen molar-refractivity contribution < 1.29 is 9.47 Å². The molecule has 0 saturated carbocycles. The minimum atomic E-state index is -0.0795. The molecule has 0 radical (unpaired) electrons. The molecule has 0 spiro atoms. The first kappa shape index (κ1) is 16.5. The summed E-state index contributed by atoms with van der Waals surface area (Å²) in [6.07, 6.45) is 5.74. The molecule has 0 heterocycles. The van der Waals surface area contributed by atoms with E-state index in [0.717, 1.165) is 18.4 Å². The van der Waals surface area contributed by atoms with Crippen LogP contribution in [0.25, 0.3) is 0 Å². The summed E-state index contributed by atoms with van der Waals surface area (Å²) >= 11 is 12.7. The minimum Gasteiger partial charge on any atom is -0.493 e. The topological polar surface area (TPSA) is 18.5 Å². The smallest absolute Gasteiger partial charge is 0.162 e. The van der Waals surface area contributed by atoms with Gasteiger partial charge in [0.15, 0.2) is 11.5 Å². The zero-order valence-electron chi connectivity index (χ0n) is 11.8. The number of halogens is 2. The molecule has 0 bridgehead atoms. The van der Waals surface area contributed by atoms with E-state index >= 15 is 0 Å². The van der Waals surface area contributed by atoms with Gasteiger partial charge in [-0.3, -0.25) is 0 Å². The maximum Gasteiger partial charge on any atom is 0.162 e. The fourth-order valence-electron chi connectivity index (χ4n) is 2.02. The van der Waals surface area contributed by atoms with Gasteiger partial charge in [0.25, 0.3) is 0 Å². The number of unbranched alkanes of at least 4 members (excludes halogenated alkanes) is 3. The summed E-state index contributed by atoms with van der Waals surface area (Å²) in [5.74, 6) is 1.30. The SMILES string of the molecule is CCCCCCC(Cl)c1cc(OC)c(OC)cc1Cl. The average molecular weight is 305 g/mol. The highest BCUT2D eigenvalue weighted by Gasteiger charge is 2.16. The van der Waals surface area contributed by atoms with Crippen LogP contribution in [0.4, 0.5) is 0 Å². The minimum absolute atomic E-state index is 0.0795. The molecule has 1 atom stereocenters. The first-order valence-electron chi connectivity index (χ1n) is 6.69. The van der Waals surface area contributed by atoms with E-state index in [1.807, 2.05) is 6.07 Å². The molecule has 1 aromatic rings. The number of alkyl halides is 1. The lowest BCUT2D eigenvalue weighted by Gasteiger charge is -2.15. The third kappa shape index (κ3) is 4.77. The first-order valence-corrected chi connectivity index (χ1v) is 7.51. The van der Waals surface area contributed by atoms with Gasteiger partial charge < -0.3 is 9.47 Å². The van der Waals surface area contributed by atoms with Crippen LogP contribution in [-0.4, -0.2) is 14.2 Å². The van der Waals surface area contributed by atoms with Crippen molar-refractivity contribution in [2.75, 3.05) is 14.2 Å². The molecule has 0 fully saturated rings. The monoisotopic (exact) mass is 304 g/mol. The van der Waals surface area contributed by atoms with E-state index in [1.54, 1.807) is 20.3 Å². The molecular weight excluding hydrogens is 283 g/mol. The zero-order chi connectivity index (χ0) is 14.3. The molecule has 0 N–H and O–H groups in total. The predicted octanol–water partition coefficient (Wildman–Crippen LogP) is 5.61. The lowest BCUT2D eigenvalue weighted by molar-refractivity contribution is 0.354. The van der Waals surface area contributed by atoms with Gasteiger partial charge in [-0.25, -0.2) is 0 Å². The Bertz CT molecular complexity index is 394. The summed E-state index contributed by atoms with van der Waals surface area (Å²) in [6, 6.07) is 3.63. The van der Waals surface area contributed by atoms with Gasteiger partial charge >= 0.3 is 0 Å². The highest BCUT2D eigenvalue weighted by atomic mass is 35.5. The van der Waals surface area contributed by atoms with Crippen LogP contribution in [-0.2, 0) is 0 Å². The number of methoxy groups -OCH3 is 2. The van der Waals surface area contributed by atoms with Crippen molar-refractivity contribution in [2.45, 2.75) is 44.4 Å². The third-order valence-electron chi connectivity index (χ3n) is 3.15. The molecule has 1 unspecified atom stereocenters. The molecule has 1 aromatic carbocycles. The quantitative estimate of drug-likeness (QED) is 0.459. The highest BCUT2D eigenvalue weighted by molar-refractivity contribution is 6.33. The molecular formula is C15H22Cl2O2. The summed E-state index contributed by atoms with van der Waals surface area (Å²) in [5.41, 5.74) is 0.914. The van der Waals surface area contributed by atoms with Crippen LogP contribution in [0.3, 0.4) is 0 Å². The Hall–Kier alpha value is -0.600. The Labute approximate surface area is 126 Å². The van der Waals surface area contributed by atoms with Crippen molar-refractivity contribution in [1.82, 2.24) is 0 Å². The second kappa shape index (κ2) is 8.55. The van der Waals surface area contributed by atoms with Crippen molar-refractivity contribution in [2.24, 2.45) is 0 Å². The average Bonchev–Trinajstić information content (AvgIpc) is 2.42. The zero-order valence-corrected chi connectivity index (χ0v) is 13.4. The summed E-state index contributed by atoms with van der Waals surface area (Å²) < 4.78 is 10.5. The number of hydrogen-bond acceptors (Lipinski definition) is 2. The van der Waals surface area contributed by atoms with E-state index in [1.165, 1.54) is 19.3 Å². The molecule has 0 aromatic heterocycles. The summed E-state index contributed by atoms with van der Waals surface area (Å²) in [4.78, 5) is 0. The standard InChI is InChI=1S/C15H22Cl2O2/c1-4-5-6-7-8-12(16)11-9-14(18-2)15(19-3)10-13(11)17/h9-10,12H,4-8H2,1-3H3. The molecule has 0 aliphatic carbocycles. The highest BCUT2D eigenvalue weighted by Crippen LogP contribution is 2.39. The van der Waals surface area contributed by atoms with Gasteiger partial charge in [-0.2, -0.15) is 0 Å². The van der Waals surface area contributed by atoms with Crippen LogP contribution in [0, 0.1) is 0 Å². The molecule has 4 heteroatoms. The van der Waals surface area contributed by atoms with Gasteiger partial charge in [0.2, 0.25) is 0 Å². The molecule has 0 saturated heterocycles. The van der Waals surface area contributed by atoms with Crippen LogP contribution in [0.15, 0.2) is 12.1 Å². The molecule has 19 heavy (non-hydrogen) atoms. The Morgan fingerprint density at radius 1 is 1.05 bits per heavy atom. The first-order chi connectivity index (χ1) is 9.13. The normalized spacial score (nSPS) is 12.3. The van der Waals surface area contributed by atoms with Crippen LogP contribution in [0.5, 0.6) is 11.5 Å². The van der Waals surface area contributed by atoms with E-state index in [4.69, 9.17) is 32.7 Å². The molecule has 0 aliphatic rings. The summed E-state index contributed by atoms with van der Waals surface area (Å²) in [6.45, 7) is 2.20. The largest absolute Gasteiger partial charge is 0.493 e. The Morgan fingerprint density at radius 3 is 2.26 bits per heavy atom. The molecule has 0 aliphatic heterocycles. The predicted molar refractivity (Wildman–Crippen MR) is 81.9 cm³/mol. The second-order valence-corrected chi connectivity index (χ2v) is 5.48. The van der Waals surface area contributed by atoms with Gasteiger partial charge in [0, 0.05) is 11.1 Å². The van der Waals surface area contributed by atoms with Crippen molar-refractivity contribution in [3.05, 3.63) is 22.7 Å². The van der Waals surface area contributed by atoms with Crippen molar-refractivity contribution >= 4 is 23.2 Å². The van der Waals surface area contributed by atoms with Crippen molar-refractivity contribution in [1.29, 1.82) is 0 Å². The van der Waals surface area contributed by atoms with Gasteiger partial charge in [0.1, 0.15) is 0 Å². The maximum absolute atomic E-state index is 6.43. The van der Waals surface area contributed by atoms with Crippen LogP contribution >= 0.6 is 23.2 Å². The van der Waals surface area contributed by atoms with E-state index in [9.17, 15) is 0 Å². The lowest BCUT2D eigenvalue weighted by atomic mass is 10.0. The maximum atomic E-state index is 6.43. The number of rotatable bonds is 8. The van der Waals surface area contributed by atoms with Gasteiger partial charge in [0.05, 0.1) is 19.6 Å². The van der Waals surface area contributed by atoms with Gasteiger partial charge in [-0.05, 0) is 18.1 Å². The molecule has 108 valence electrons. The molecule has 1 rings (SSSR count). The molecule has 2 nitrogen and oxygen atoms in total. The van der Waals surface area contributed by atoms with Crippen LogP contribution in [0.1, 0.15) is 50.0 Å². The van der Waals surface area contributed by atoms with Crippen LogP contribution in [0.2, 0.25) is 5.02 Å². The van der Waals surface area contributed by atoms with E-state index in [2.05, 4.69) is 6.92 Å². The van der Waals surface area contributed by atoms with Crippen molar-refractivity contribution in [3.8, 4) is 11.5 Å². The van der Waals surface area contributed by atoms with E-state index in [-0.39, 0.29) is 5.38 Å². The number of hydrogen-bond donors (Lipinski definition) is 0.